The second-order valence-corrected chi connectivity index (χ2v) is 7.38. The van der Waals surface area contributed by atoms with Crippen LogP contribution in [0.3, 0.4) is 0 Å². The zero-order chi connectivity index (χ0) is 19.9. The van der Waals surface area contributed by atoms with Gasteiger partial charge in [0.2, 0.25) is 0 Å². The molecule has 1 N–H and O–H groups in total. The number of benzene rings is 2. The van der Waals surface area contributed by atoms with Crippen molar-refractivity contribution in [3.63, 3.8) is 0 Å². The average molecular weight is 380 g/mol. The number of methoxy groups -OCH3 is 1. The van der Waals surface area contributed by atoms with Crippen LogP contribution in [0.15, 0.2) is 48.5 Å². The van der Waals surface area contributed by atoms with Crippen molar-refractivity contribution in [2.45, 2.75) is 45.3 Å². The molecule has 5 nitrogen and oxygen atoms in total. The van der Waals surface area contributed by atoms with Crippen molar-refractivity contribution in [1.82, 2.24) is 10.2 Å². The van der Waals surface area contributed by atoms with Crippen LogP contribution in [-0.4, -0.2) is 36.5 Å². The SMILES string of the molecule is COC(=O)c1ccc(C(=O)NCc2ccc(CN3CCCCC3C)cc2)cc1. The number of hydrogen-bond donors (Lipinski definition) is 1. The Morgan fingerprint density at radius 1 is 1.00 bits per heavy atom. The Labute approximate surface area is 166 Å². The zero-order valence-electron chi connectivity index (χ0n) is 16.6. The lowest BCUT2D eigenvalue weighted by atomic mass is 10.0. The second-order valence-electron chi connectivity index (χ2n) is 7.38. The lowest BCUT2D eigenvalue weighted by Gasteiger charge is -2.33. The number of amides is 1. The first-order valence-corrected chi connectivity index (χ1v) is 9.85. The van der Waals surface area contributed by atoms with Gasteiger partial charge in [0, 0.05) is 24.7 Å². The van der Waals surface area contributed by atoms with E-state index < -0.39 is 5.97 Å². The molecule has 1 aliphatic rings. The van der Waals surface area contributed by atoms with Gasteiger partial charge in [0.1, 0.15) is 0 Å². The van der Waals surface area contributed by atoms with Crippen LogP contribution in [0.1, 0.15) is 58.0 Å². The summed E-state index contributed by atoms with van der Waals surface area (Å²) in [5, 5.41) is 2.92. The molecule has 5 heteroatoms. The van der Waals surface area contributed by atoms with Crippen LogP contribution in [0.2, 0.25) is 0 Å². The van der Waals surface area contributed by atoms with E-state index in [-0.39, 0.29) is 5.91 Å². The molecule has 1 heterocycles. The predicted octanol–water partition coefficient (Wildman–Crippen LogP) is 3.78. The number of esters is 1. The Morgan fingerprint density at radius 2 is 1.64 bits per heavy atom. The summed E-state index contributed by atoms with van der Waals surface area (Å²) < 4.78 is 4.66. The van der Waals surface area contributed by atoms with Gasteiger partial charge in [0.05, 0.1) is 12.7 Å². The van der Waals surface area contributed by atoms with E-state index in [1.807, 2.05) is 0 Å². The molecule has 28 heavy (non-hydrogen) atoms. The second kappa shape index (κ2) is 9.51. The average Bonchev–Trinajstić information content (AvgIpc) is 2.74. The lowest BCUT2D eigenvalue weighted by Crippen LogP contribution is -2.36. The molecule has 0 bridgehead atoms. The minimum absolute atomic E-state index is 0.164. The van der Waals surface area contributed by atoms with Gasteiger partial charge in [-0.15, -0.1) is 0 Å². The summed E-state index contributed by atoms with van der Waals surface area (Å²) in [6.45, 7) is 4.94. The molecule has 1 atom stereocenters. The van der Waals surface area contributed by atoms with Crippen LogP contribution in [-0.2, 0) is 17.8 Å². The molecular formula is C23H28N2O3. The zero-order valence-corrected chi connectivity index (χ0v) is 16.6. The normalized spacial score (nSPS) is 17.1. The van der Waals surface area contributed by atoms with E-state index in [2.05, 4.69) is 46.1 Å². The molecular weight excluding hydrogens is 352 g/mol. The van der Waals surface area contributed by atoms with Crippen LogP contribution in [0, 0.1) is 0 Å². The van der Waals surface area contributed by atoms with Gasteiger partial charge >= 0.3 is 5.97 Å². The summed E-state index contributed by atoms with van der Waals surface area (Å²) in [6.07, 6.45) is 3.90. The molecule has 1 amide bonds. The van der Waals surface area contributed by atoms with E-state index in [0.717, 1.165) is 12.1 Å². The van der Waals surface area contributed by atoms with Crippen LogP contribution in [0.5, 0.6) is 0 Å². The van der Waals surface area contributed by atoms with E-state index in [9.17, 15) is 9.59 Å². The summed E-state index contributed by atoms with van der Waals surface area (Å²) in [4.78, 5) is 26.3. The Hall–Kier alpha value is -2.66. The smallest absolute Gasteiger partial charge is 0.337 e. The summed E-state index contributed by atoms with van der Waals surface area (Å²) in [5.41, 5.74) is 3.32. The molecule has 2 aromatic carbocycles. The van der Waals surface area contributed by atoms with Crippen molar-refractivity contribution < 1.29 is 14.3 Å². The number of nitrogens with zero attached hydrogens (tertiary/aromatic N) is 1. The molecule has 148 valence electrons. The highest BCUT2D eigenvalue weighted by Crippen LogP contribution is 2.19. The molecule has 1 fully saturated rings. The summed E-state index contributed by atoms with van der Waals surface area (Å²) in [5.74, 6) is -0.575. The molecule has 0 aliphatic carbocycles. The number of likely N-dealkylation sites (tertiary alicyclic amines) is 1. The molecule has 1 aliphatic heterocycles. The maximum absolute atomic E-state index is 12.3. The van der Waals surface area contributed by atoms with Crippen LogP contribution >= 0.6 is 0 Å². The quantitative estimate of drug-likeness (QED) is 0.775. The first-order chi connectivity index (χ1) is 13.6. The van der Waals surface area contributed by atoms with Gasteiger partial charge in [-0.3, -0.25) is 9.69 Å². The maximum atomic E-state index is 12.3. The number of piperidine rings is 1. The maximum Gasteiger partial charge on any atom is 0.337 e. The number of hydrogen-bond acceptors (Lipinski definition) is 4. The van der Waals surface area contributed by atoms with Crippen molar-refractivity contribution in [3.8, 4) is 0 Å². The van der Waals surface area contributed by atoms with E-state index in [1.165, 1.54) is 38.5 Å². The molecule has 0 spiro atoms. The highest BCUT2D eigenvalue weighted by Gasteiger charge is 2.18. The van der Waals surface area contributed by atoms with E-state index in [4.69, 9.17) is 0 Å². The molecule has 3 rings (SSSR count). The monoisotopic (exact) mass is 380 g/mol. The summed E-state index contributed by atoms with van der Waals surface area (Å²) in [7, 11) is 1.33. The minimum atomic E-state index is -0.411. The Balaban J connectivity index is 1.51. The number of ether oxygens (including phenoxy) is 1. The molecule has 0 radical (unpaired) electrons. The first-order valence-electron chi connectivity index (χ1n) is 9.85. The molecule has 2 aromatic rings. The van der Waals surface area contributed by atoms with Crippen molar-refractivity contribution in [3.05, 3.63) is 70.8 Å². The highest BCUT2D eigenvalue weighted by molar-refractivity contribution is 5.96. The first kappa shape index (κ1) is 20.1. The van der Waals surface area contributed by atoms with Gasteiger partial charge in [0.15, 0.2) is 0 Å². The third-order valence-corrected chi connectivity index (χ3v) is 5.37. The van der Waals surface area contributed by atoms with Crippen molar-refractivity contribution in [2.24, 2.45) is 0 Å². The standard InChI is InChI=1S/C23H28N2O3/c1-17-5-3-4-14-25(17)16-19-8-6-18(7-9-19)15-24-22(26)20-10-12-21(13-11-20)23(27)28-2/h6-13,17H,3-5,14-16H2,1-2H3,(H,24,26). The Kier molecular flexibility index (Phi) is 6.82. The van der Waals surface area contributed by atoms with Crippen molar-refractivity contribution >= 4 is 11.9 Å². The van der Waals surface area contributed by atoms with Gasteiger partial charge < -0.3 is 10.1 Å². The predicted molar refractivity (Wildman–Crippen MR) is 109 cm³/mol. The van der Waals surface area contributed by atoms with Gasteiger partial charge in [-0.2, -0.15) is 0 Å². The molecule has 1 unspecified atom stereocenters. The minimum Gasteiger partial charge on any atom is -0.465 e. The van der Waals surface area contributed by atoms with Crippen LogP contribution in [0.4, 0.5) is 0 Å². The van der Waals surface area contributed by atoms with E-state index in [0.29, 0.717) is 23.7 Å². The van der Waals surface area contributed by atoms with Crippen LogP contribution < -0.4 is 5.32 Å². The van der Waals surface area contributed by atoms with Gasteiger partial charge in [-0.1, -0.05) is 30.7 Å². The fourth-order valence-corrected chi connectivity index (χ4v) is 3.55. The molecule has 1 saturated heterocycles. The number of carbonyl (C=O) groups excluding carboxylic acids is 2. The summed E-state index contributed by atoms with van der Waals surface area (Å²) in [6, 6.07) is 15.5. The topological polar surface area (TPSA) is 58.6 Å². The van der Waals surface area contributed by atoms with E-state index >= 15 is 0 Å². The van der Waals surface area contributed by atoms with Crippen molar-refractivity contribution in [1.29, 1.82) is 0 Å². The summed E-state index contributed by atoms with van der Waals surface area (Å²) >= 11 is 0. The Morgan fingerprint density at radius 3 is 2.29 bits per heavy atom. The number of carbonyl (C=O) groups is 2. The number of rotatable bonds is 6. The van der Waals surface area contributed by atoms with Crippen LogP contribution in [0.25, 0.3) is 0 Å². The van der Waals surface area contributed by atoms with Gasteiger partial charge in [0.25, 0.3) is 5.91 Å². The van der Waals surface area contributed by atoms with Gasteiger partial charge in [-0.25, -0.2) is 4.79 Å². The number of nitrogens with one attached hydrogen (secondary N) is 1. The molecule has 0 aromatic heterocycles. The van der Waals surface area contributed by atoms with E-state index in [1.54, 1.807) is 24.3 Å². The van der Waals surface area contributed by atoms with Crippen molar-refractivity contribution in [2.75, 3.05) is 13.7 Å². The molecule has 0 saturated carbocycles. The largest absolute Gasteiger partial charge is 0.465 e. The Bertz CT molecular complexity index is 800. The fourth-order valence-electron chi connectivity index (χ4n) is 3.55. The van der Waals surface area contributed by atoms with Gasteiger partial charge in [-0.05, 0) is 61.7 Å². The fraction of sp³-hybridized carbons (Fsp3) is 0.391. The lowest BCUT2D eigenvalue weighted by molar-refractivity contribution is 0.0600. The third kappa shape index (κ3) is 5.20. The highest BCUT2D eigenvalue weighted by atomic mass is 16.5. The third-order valence-electron chi connectivity index (χ3n) is 5.37.